The van der Waals surface area contributed by atoms with Crippen molar-refractivity contribution in [3.8, 4) is 0 Å². The van der Waals surface area contributed by atoms with Crippen LogP contribution in [0, 0.1) is 0 Å². The zero-order chi connectivity index (χ0) is 16.6. The average Bonchev–Trinajstić information content (AvgIpc) is 2.94. The van der Waals surface area contributed by atoms with Gasteiger partial charge in [-0.25, -0.2) is 18.4 Å². The lowest BCUT2D eigenvalue weighted by molar-refractivity contribution is 0.595. The molecule has 1 heterocycles. The molecule has 0 unspecified atom stereocenters. The fourth-order valence-electron chi connectivity index (χ4n) is 1.62. The van der Waals surface area contributed by atoms with Gasteiger partial charge >= 0.3 is 0 Å². The third-order valence-corrected chi connectivity index (χ3v) is 5.58. The maximum absolute atomic E-state index is 11.5. The van der Waals surface area contributed by atoms with Crippen molar-refractivity contribution in [2.24, 2.45) is 4.99 Å². The summed E-state index contributed by atoms with van der Waals surface area (Å²) in [4.78, 5) is 8.98. The Morgan fingerprint density at radius 3 is 2.64 bits per heavy atom. The average molecular weight is 347 g/mol. The predicted octanol–water partition coefficient (Wildman–Crippen LogP) is 1.76. The molecule has 0 aliphatic heterocycles. The molecule has 0 fully saturated rings. The van der Waals surface area contributed by atoms with E-state index in [1.165, 1.54) is 0 Å². The zero-order valence-electron chi connectivity index (χ0n) is 13.7. The topological polar surface area (TPSA) is 83.4 Å². The van der Waals surface area contributed by atoms with Gasteiger partial charge in [0, 0.05) is 24.2 Å². The number of sulfone groups is 1. The quantitative estimate of drug-likeness (QED) is 0.553. The first-order valence-corrected chi connectivity index (χ1v) is 10.2. The van der Waals surface area contributed by atoms with Crippen molar-refractivity contribution in [1.29, 1.82) is 0 Å². The molecule has 0 amide bonds. The number of guanidine groups is 1. The summed E-state index contributed by atoms with van der Waals surface area (Å²) in [6.45, 7) is 9.43. The summed E-state index contributed by atoms with van der Waals surface area (Å²) in [5.74, 6) is 1.32. The van der Waals surface area contributed by atoms with Gasteiger partial charge in [0.05, 0.1) is 18.0 Å². The summed E-state index contributed by atoms with van der Waals surface area (Å²) in [6, 6.07) is 0. The van der Waals surface area contributed by atoms with Crippen molar-refractivity contribution in [3.05, 3.63) is 16.1 Å². The summed E-state index contributed by atoms with van der Waals surface area (Å²) in [6.07, 6.45) is 0. The molecule has 126 valence electrons. The highest BCUT2D eigenvalue weighted by atomic mass is 32.2. The first-order valence-electron chi connectivity index (χ1n) is 7.54. The van der Waals surface area contributed by atoms with E-state index in [1.807, 2.05) is 6.92 Å². The van der Waals surface area contributed by atoms with Gasteiger partial charge < -0.3 is 10.6 Å². The van der Waals surface area contributed by atoms with Gasteiger partial charge in [-0.05, 0) is 12.8 Å². The van der Waals surface area contributed by atoms with Gasteiger partial charge in [-0.15, -0.1) is 11.3 Å². The summed E-state index contributed by atoms with van der Waals surface area (Å²) >= 11 is 1.60. The molecule has 22 heavy (non-hydrogen) atoms. The second-order valence-corrected chi connectivity index (χ2v) is 8.59. The second-order valence-electron chi connectivity index (χ2n) is 5.18. The standard InChI is InChI=1S/C14H26N4O2S2/c1-5-15-14(16-7-8-22(19,20)6-2)17-9-13-18-12(10-21-13)11(3)4/h10-11H,5-9H2,1-4H3,(H2,15,16,17). The van der Waals surface area contributed by atoms with Crippen molar-refractivity contribution >= 4 is 27.1 Å². The Labute approximate surface area is 137 Å². The molecule has 0 spiro atoms. The zero-order valence-corrected chi connectivity index (χ0v) is 15.4. The van der Waals surface area contributed by atoms with E-state index in [1.54, 1.807) is 18.3 Å². The molecule has 0 aliphatic rings. The minimum absolute atomic E-state index is 0.114. The third-order valence-electron chi connectivity index (χ3n) is 3.02. The molecule has 1 aromatic rings. The Morgan fingerprint density at radius 1 is 1.36 bits per heavy atom. The van der Waals surface area contributed by atoms with E-state index in [4.69, 9.17) is 0 Å². The molecule has 6 nitrogen and oxygen atoms in total. The van der Waals surface area contributed by atoms with E-state index < -0.39 is 9.84 Å². The number of nitrogens with one attached hydrogen (secondary N) is 2. The lowest BCUT2D eigenvalue weighted by atomic mass is 10.2. The Hall–Kier alpha value is -1.15. The largest absolute Gasteiger partial charge is 0.357 e. The highest BCUT2D eigenvalue weighted by Crippen LogP contribution is 2.18. The van der Waals surface area contributed by atoms with Crippen LogP contribution >= 0.6 is 11.3 Å². The SMILES string of the molecule is CCNC(=NCc1nc(C(C)C)cs1)NCCS(=O)(=O)CC. The molecule has 0 aliphatic carbocycles. The first-order chi connectivity index (χ1) is 10.4. The molecule has 0 bridgehead atoms. The van der Waals surface area contributed by atoms with E-state index in [-0.39, 0.29) is 11.5 Å². The molecule has 0 saturated carbocycles. The van der Waals surface area contributed by atoms with Gasteiger partial charge in [0.25, 0.3) is 0 Å². The van der Waals surface area contributed by atoms with Crippen LogP contribution in [0.4, 0.5) is 0 Å². The number of hydrogen-bond donors (Lipinski definition) is 2. The van der Waals surface area contributed by atoms with E-state index in [0.29, 0.717) is 25.0 Å². The molecular weight excluding hydrogens is 320 g/mol. The molecule has 0 saturated heterocycles. The predicted molar refractivity (Wildman–Crippen MR) is 93.3 cm³/mol. The van der Waals surface area contributed by atoms with E-state index >= 15 is 0 Å². The van der Waals surface area contributed by atoms with E-state index in [0.717, 1.165) is 17.2 Å². The molecule has 8 heteroatoms. The number of thiazole rings is 1. The van der Waals surface area contributed by atoms with Crippen LogP contribution in [0.2, 0.25) is 0 Å². The van der Waals surface area contributed by atoms with E-state index in [2.05, 4.69) is 39.8 Å². The number of nitrogens with zero attached hydrogens (tertiary/aromatic N) is 2. The molecule has 1 rings (SSSR count). The number of rotatable bonds is 8. The van der Waals surface area contributed by atoms with Crippen molar-refractivity contribution < 1.29 is 8.42 Å². The molecule has 0 aromatic carbocycles. The van der Waals surface area contributed by atoms with Crippen LogP contribution in [0.3, 0.4) is 0 Å². The Bertz CT molecular complexity index is 579. The van der Waals surface area contributed by atoms with E-state index in [9.17, 15) is 8.42 Å². The fourth-order valence-corrected chi connectivity index (χ4v) is 3.20. The maximum atomic E-state index is 11.5. The Balaban J connectivity index is 2.57. The monoisotopic (exact) mass is 346 g/mol. The number of aliphatic imine (C=N–C) groups is 1. The van der Waals surface area contributed by atoms with Crippen LogP contribution in [0.5, 0.6) is 0 Å². The lowest BCUT2D eigenvalue weighted by Gasteiger charge is -2.10. The van der Waals surface area contributed by atoms with Crippen molar-refractivity contribution in [2.75, 3.05) is 24.6 Å². The van der Waals surface area contributed by atoms with Gasteiger partial charge in [-0.2, -0.15) is 0 Å². The summed E-state index contributed by atoms with van der Waals surface area (Å²) < 4.78 is 23.0. The summed E-state index contributed by atoms with van der Waals surface area (Å²) in [7, 11) is -2.96. The molecule has 0 atom stereocenters. The van der Waals surface area contributed by atoms with Crippen LogP contribution in [0.15, 0.2) is 10.4 Å². The Kier molecular flexibility index (Phi) is 7.81. The van der Waals surface area contributed by atoms with Crippen molar-refractivity contribution in [1.82, 2.24) is 15.6 Å². The first kappa shape index (κ1) is 18.9. The van der Waals surface area contributed by atoms with Gasteiger partial charge in [0.2, 0.25) is 0 Å². The van der Waals surface area contributed by atoms with Crippen LogP contribution in [0.1, 0.15) is 44.3 Å². The molecule has 2 N–H and O–H groups in total. The number of hydrogen-bond acceptors (Lipinski definition) is 5. The van der Waals surface area contributed by atoms with Gasteiger partial charge in [0.1, 0.15) is 5.01 Å². The molecule has 0 radical (unpaired) electrons. The third kappa shape index (κ3) is 6.74. The second kappa shape index (κ2) is 9.09. The summed E-state index contributed by atoms with van der Waals surface area (Å²) in [5, 5.41) is 9.17. The van der Waals surface area contributed by atoms with Crippen LogP contribution < -0.4 is 10.6 Å². The maximum Gasteiger partial charge on any atom is 0.191 e. The van der Waals surface area contributed by atoms with Gasteiger partial charge in [-0.3, -0.25) is 0 Å². The van der Waals surface area contributed by atoms with Crippen LogP contribution in [-0.2, 0) is 16.4 Å². The van der Waals surface area contributed by atoms with Crippen LogP contribution in [-0.4, -0.2) is 44.0 Å². The lowest BCUT2D eigenvalue weighted by Crippen LogP contribution is -2.39. The van der Waals surface area contributed by atoms with Gasteiger partial charge in [-0.1, -0.05) is 20.8 Å². The smallest absolute Gasteiger partial charge is 0.191 e. The van der Waals surface area contributed by atoms with Crippen molar-refractivity contribution in [3.63, 3.8) is 0 Å². The van der Waals surface area contributed by atoms with Crippen LogP contribution in [0.25, 0.3) is 0 Å². The Morgan fingerprint density at radius 2 is 2.09 bits per heavy atom. The minimum Gasteiger partial charge on any atom is -0.357 e. The van der Waals surface area contributed by atoms with Crippen molar-refractivity contribution in [2.45, 2.75) is 40.2 Å². The minimum atomic E-state index is -2.96. The molecular formula is C14H26N4O2S2. The highest BCUT2D eigenvalue weighted by Gasteiger charge is 2.08. The number of aromatic nitrogens is 1. The highest BCUT2D eigenvalue weighted by molar-refractivity contribution is 7.91. The molecule has 1 aromatic heterocycles. The summed E-state index contributed by atoms with van der Waals surface area (Å²) in [5.41, 5.74) is 1.09. The normalized spacial score (nSPS) is 12.7. The van der Waals surface area contributed by atoms with Gasteiger partial charge in [0.15, 0.2) is 15.8 Å². The fraction of sp³-hybridized carbons (Fsp3) is 0.714.